The van der Waals surface area contributed by atoms with Crippen molar-refractivity contribution in [1.29, 1.82) is 0 Å². The number of nitrogens with one attached hydrogen (secondary N) is 4. The minimum atomic E-state index is -1.20. The molecule has 1 aromatic rings. The molecule has 4 rings (SSSR count). The molecule has 0 saturated carbocycles. The summed E-state index contributed by atoms with van der Waals surface area (Å²) in [4.78, 5) is 77.4. The Morgan fingerprint density at radius 2 is 1.77 bits per heavy atom. The zero-order valence-electron chi connectivity index (χ0n) is 32.0. The summed E-state index contributed by atoms with van der Waals surface area (Å²) in [6.45, 7) is 6.43. The SMILES string of the molecule is CO[C@H]1/C=C\C=C(/C)C(=O)NC2=CC(=O)C(NCCOC(=O)Nc3cccc4c3C(=O)NC4O)=C(C[C@@H](C)C[C@H](OC)[C@@H](O)[C@@H](C)/C=C(\C)[C@@H]1OC(N)=O)C2=O. The maximum Gasteiger partial charge on any atom is 0.411 e. The molecule has 0 spiro atoms. The fraction of sp³-hybridized carbons (Fsp3) is 0.436. The molecule has 1 aromatic carbocycles. The minimum absolute atomic E-state index is 0.0337. The first-order chi connectivity index (χ1) is 26.6. The fourth-order valence-electron chi connectivity index (χ4n) is 6.67. The number of fused-ring (bicyclic) bond motifs is 3. The van der Waals surface area contributed by atoms with Gasteiger partial charge in [0.25, 0.3) is 11.8 Å². The van der Waals surface area contributed by atoms with Crippen LogP contribution in [0.4, 0.5) is 15.3 Å². The second-order valence-electron chi connectivity index (χ2n) is 13.8. The van der Waals surface area contributed by atoms with Crippen molar-refractivity contribution in [3.05, 3.63) is 87.8 Å². The van der Waals surface area contributed by atoms with E-state index >= 15 is 0 Å². The van der Waals surface area contributed by atoms with Gasteiger partial charge in [-0.05, 0) is 44.2 Å². The monoisotopic (exact) mass is 779 g/mol. The number of aliphatic hydroxyl groups excluding tert-OH is 2. The highest BCUT2D eigenvalue weighted by atomic mass is 16.6. The Balaban J connectivity index is 1.58. The van der Waals surface area contributed by atoms with E-state index in [1.165, 1.54) is 39.4 Å². The van der Waals surface area contributed by atoms with Gasteiger partial charge in [0.2, 0.25) is 11.6 Å². The van der Waals surface area contributed by atoms with Crippen LogP contribution in [0.2, 0.25) is 0 Å². The van der Waals surface area contributed by atoms with Crippen molar-refractivity contribution >= 4 is 41.3 Å². The quantitative estimate of drug-likeness (QED) is 0.114. The lowest BCUT2D eigenvalue weighted by atomic mass is 9.85. The second kappa shape index (κ2) is 19.3. The number of anilines is 1. The second-order valence-corrected chi connectivity index (χ2v) is 13.8. The molecule has 0 radical (unpaired) electrons. The third-order valence-corrected chi connectivity index (χ3v) is 9.55. The van der Waals surface area contributed by atoms with Gasteiger partial charge in [-0.1, -0.05) is 50.3 Å². The lowest BCUT2D eigenvalue weighted by Gasteiger charge is -2.30. The molecule has 56 heavy (non-hydrogen) atoms. The molecule has 8 N–H and O–H groups in total. The van der Waals surface area contributed by atoms with Gasteiger partial charge in [0, 0.05) is 49.5 Å². The number of Topliss-reactive ketones (excluding diaryl/α,β-unsaturated/α-hetero) is 1. The molecule has 3 aliphatic rings. The lowest BCUT2D eigenvalue weighted by molar-refractivity contribution is -0.120. The first-order valence-electron chi connectivity index (χ1n) is 17.9. The number of carbonyl (C=O) groups is 6. The number of ketones is 2. The molecule has 1 aliphatic carbocycles. The Morgan fingerprint density at radius 3 is 2.45 bits per heavy atom. The Hall–Kier alpha value is -5.62. The highest BCUT2D eigenvalue weighted by Gasteiger charge is 2.34. The molecule has 2 bridgehead atoms. The third kappa shape index (κ3) is 10.6. The number of primary amides is 1. The third-order valence-electron chi connectivity index (χ3n) is 9.55. The molecule has 302 valence electrons. The predicted molar refractivity (Wildman–Crippen MR) is 201 cm³/mol. The Bertz CT molecular complexity index is 1880. The molecule has 0 saturated heterocycles. The summed E-state index contributed by atoms with van der Waals surface area (Å²) in [5.74, 6) is -3.32. The lowest BCUT2D eigenvalue weighted by Crippen LogP contribution is -2.38. The van der Waals surface area contributed by atoms with E-state index in [2.05, 4.69) is 21.3 Å². The number of allylic oxidation sites excluding steroid dienone is 4. The molecule has 2 heterocycles. The number of methoxy groups -OCH3 is 2. The normalized spacial score (nSPS) is 28.7. The topological polar surface area (TPSA) is 254 Å². The van der Waals surface area contributed by atoms with E-state index in [0.29, 0.717) is 11.1 Å². The molecular formula is C39H49N5O12. The van der Waals surface area contributed by atoms with Crippen LogP contribution in [0.15, 0.2) is 76.7 Å². The molecule has 0 aromatic heterocycles. The van der Waals surface area contributed by atoms with Gasteiger partial charge < -0.3 is 50.8 Å². The van der Waals surface area contributed by atoms with Gasteiger partial charge in [-0.3, -0.25) is 24.5 Å². The van der Waals surface area contributed by atoms with E-state index in [1.807, 2.05) is 6.92 Å². The fourth-order valence-corrected chi connectivity index (χ4v) is 6.67. The number of aliphatic hydroxyl groups is 2. The summed E-state index contributed by atoms with van der Waals surface area (Å²) >= 11 is 0. The molecule has 0 fully saturated rings. The predicted octanol–water partition coefficient (Wildman–Crippen LogP) is 2.33. The number of benzene rings is 1. The van der Waals surface area contributed by atoms with E-state index in [4.69, 9.17) is 24.7 Å². The summed E-state index contributed by atoms with van der Waals surface area (Å²) < 4.78 is 21.9. The molecular weight excluding hydrogens is 730 g/mol. The summed E-state index contributed by atoms with van der Waals surface area (Å²) in [5.41, 5.74) is 6.39. The van der Waals surface area contributed by atoms with Crippen molar-refractivity contribution in [2.24, 2.45) is 17.6 Å². The molecule has 2 aliphatic heterocycles. The van der Waals surface area contributed by atoms with Crippen molar-refractivity contribution in [2.75, 3.05) is 32.7 Å². The van der Waals surface area contributed by atoms with E-state index in [-0.39, 0.29) is 65.7 Å². The van der Waals surface area contributed by atoms with Gasteiger partial charge in [0.15, 0.2) is 12.3 Å². The molecule has 17 heteroatoms. The summed E-state index contributed by atoms with van der Waals surface area (Å²) in [5, 5.41) is 31.7. The first kappa shape index (κ1) is 43.1. The molecule has 4 amide bonds. The summed E-state index contributed by atoms with van der Waals surface area (Å²) in [6.07, 6.45) is 0.771. The van der Waals surface area contributed by atoms with Crippen LogP contribution in [0.25, 0.3) is 0 Å². The Morgan fingerprint density at radius 1 is 1.04 bits per heavy atom. The summed E-state index contributed by atoms with van der Waals surface area (Å²) in [6, 6.07) is 4.58. The average molecular weight is 780 g/mol. The van der Waals surface area contributed by atoms with Gasteiger partial charge in [-0.25, -0.2) is 9.59 Å². The Kier molecular flexibility index (Phi) is 14.9. The maximum absolute atomic E-state index is 13.9. The van der Waals surface area contributed by atoms with Crippen molar-refractivity contribution in [1.82, 2.24) is 16.0 Å². The zero-order valence-corrected chi connectivity index (χ0v) is 32.0. The van der Waals surface area contributed by atoms with Crippen molar-refractivity contribution in [3.8, 4) is 0 Å². The highest BCUT2D eigenvalue weighted by Crippen LogP contribution is 2.31. The van der Waals surface area contributed by atoms with Gasteiger partial charge in [0.1, 0.15) is 12.7 Å². The van der Waals surface area contributed by atoms with Gasteiger partial charge in [-0.15, -0.1) is 0 Å². The highest BCUT2D eigenvalue weighted by molar-refractivity contribution is 6.23. The van der Waals surface area contributed by atoms with Gasteiger partial charge in [0.05, 0.1) is 34.9 Å². The van der Waals surface area contributed by atoms with Crippen LogP contribution >= 0.6 is 0 Å². The number of hydrogen-bond donors (Lipinski definition) is 7. The minimum Gasteiger partial charge on any atom is -0.447 e. The molecule has 17 nitrogen and oxygen atoms in total. The smallest absolute Gasteiger partial charge is 0.411 e. The van der Waals surface area contributed by atoms with Crippen molar-refractivity contribution < 1.29 is 57.9 Å². The number of carbonyl (C=O) groups excluding carboxylic acids is 6. The number of hydrogen-bond acceptors (Lipinski definition) is 13. The van der Waals surface area contributed by atoms with E-state index in [0.717, 1.165) is 6.08 Å². The van der Waals surface area contributed by atoms with Crippen LogP contribution in [0.5, 0.6) is 0 Å². The number of amides is 4. The van der Waals surface area contributed by atoms with Crippen LogP contribution in [0, 0.1) is 11.8 Å². The zero-order chi connectivity index (χ0) is 41.3. The van der Waals surface area contributed by atoms with Gasteiger partial charge in [-0.2, -0.15) is 0 Å². The van der Waals surface area contributed by atoms with Crippen molar-refractivity contribution in [2.45, 2.75) is 71.2 Å². The number of rotatable bonds is 8. The van der Waals surface area contributed by atoms with Gasteiger partial charge >= 0.3 is 12.2 Å². The van der Waals surface area contributed by atoms with Crippen molar-refractivity contribution in [3.63, 3.8) is 0 Å². The van der Waals surface area contributed by atoms with E-state index < -0.39 is 72.1 Å². The van der Waals surface area contributed by atoms with E-state index in [1.54, 1.807) is 38.1 Å². The largest absolute Gasteiger partial charge is 0.447 e. The average Bonchev–Trinajstić information content (AvgIpc) is 3.44. The van der Waals surface area contributed by atoms with E-state index in [9.17, 15) is 39.0 Å². The standard InChI is InChI=1S/C39H49N5O12/c1-19-15-24-31(41-13-14-55-39(52)43-25-11-8-10-23-30(25)37(50)44-36(23)49)27(45)18-26(33(24)47)42-35(48)20(2)9-7-12-28(53-5)34(56-38(40)51)22(4)17-21(3)32(46)29(16-19)54-6/h7-12,17-19,21,28-29,32,34,36,41,46,49H,13-16H2,1-6H3,(H2,40,51)(H,42,48)(H,43,52)(H,44,50)/b12-7-,20-9+,22-17+/t19-,21+,28+,29+,32+,34+,36?/m1/s1. The van der Waals surface area contributed by atoms with Crippen LogP contribution < -0.4 is 27.0 Å². The first-order valence-corrected chi connectivity index (χ1v) is 17.9. The number of nitrogens with two attached hydrogens (primary N) is 1. The van der Waals surface area contributed by atoms with Crippen LogP contribution in [-0.4, -0.2) is 97.6 Å². The summed E-state index contributed by atoms with van der Waals surface area (Å²) in [7, 11) is 2.85. The van der Waals surface area contributed by atoms with Crippen LogP contribution in [0.3, 0.4) is 0 Å². The maximum atomic E-state index is 13.9. The Labute approximate surface area is 324 Å². The molecule has 7 atom stereocenters. The van der Waals surface area contributed by atoms with Crippen LogP contribution in [-0.2, 0) is 33.3 Å². The number of ether oxygens (including phenoxy) is 4. The molecule has 1 unspecified atom stereocenters. The van der Waals surface area contributed by atoms with Crippen LogP contribution in [0.1, 0.15) is 62.7 Å².